The Labute approximate surface area is 153 Å². The van der Waals surface area contributed by atoms with Gasteiger partial charge in [-0.3, -0.25) is 4.79 Å². The number of halogens is 1. The smallest absolute Gasteiger partial charge is 0.203 e. The lowest BCUT2D eigenvalue weighted by atomic mass is 10.2. The third-order valence-electron chi connectivity index (χ3n) is 3.89. The molecular weight excluding hydrogens is 359 g/mol. The zero-order valence-corrected chi connectivity index (χ0v) is 15.7. The minimum atomic E-state index is -0.262. The Balaban J connectivity index is 1.85. The fourth-order valence-electron chi connectivity index (χ4n) is 2.65. The van der Waals surface area contributed by atoms with Crippen molar-refractivity contribution in [3.8, 4) is 5.69 Å². The van der Waals surface area contributed by atoms with Crippen LogP contribution >= 0.6 is 23.1 Å². The molecular formula is C17H17FN4OS2. The molecule has 1 aromatic carbocycles. The maximum atomic E-state index is 13.9. The number of hydrogen-bond acceptors (Lipinski definition) is 6. The predicted molar refractivity (Wildman–Crippen MR) is 99.3 cm³/mol. The number of nitrogens with two attached hydrogens (primary N) is 1. The summed E-state index contributed by atoms with van der Waals surface area (Å²) in [6, 6.07) is 6.92. The first-order valence-corrected chi connectivity index (χ1v) is 9.37. The number of benzene rings is 1. The van der Waals surface area contributed by atoms with Crippen LogP contribution in [0, 0.1) is 26.6 Å². The van der Waals surface area contributed by atoms with Gasteiger partial charge in [0.2, 0.25) is 5.13 Å². The van der Waals surface area contributed by atoms with Gasteiger partial charge in [-0.15, -0.1) is 10.2 Å². The molecule has 3 rings (SSSR count). The number of rotatable bonds is 5. The van der Waals surface area contributed by atoms with Crippen LogP contribution in [0.25, 0.3) is 5.69 Å². The van der Waals surface area contributed by atoms with Crippen LogP contribution < -0.4 is 5.73 Å². The van der Waals surface area contributed by atoms with Crippen LogP contribution in [0.15, 0.2) is 28.6 Å². The van der Waals surface area contributed by atoms with E-state index >= 15 is 0 Å². The number of ketones is 1. The molecule has 2 N–H and O–H groups in total. The molecule has 0 aliphatic rings. The van der Waals surface area contributed by atoms with Crippen molar-refractivity contribution in [3.63, 3.8) is 0 Å². The Morgan fingerprint density at radius 3 is 2.68 bits per heavy atom. The fraction of sp³-hybridized carbons (Fsp3) is 0.235. The van der Waals surface area contributed by atoms with Crippen molar-refractivity contribution in [2.24, 2.45) is 0 Å². The van der Waals surface area contributed by atoms with E-state index in [2.05, 4.69) is 10.2 Å². The van der Waals surface area contributed by atoms with Gasteiger partial charge in [-0.1, -0.05) is 29.2 Å². The van der Waals surface area contributed by atoms with Gasteiger partial charge in [0.1, 0.15) is 5.82 Å². The lowest BCUT2D eigenvalue weighted by Gasteiger charge is -2.11. The lowest BCUT2D eigenvalue weighted by molar-refractivity contribution is 0.102. The third-order valence-corrected chi connectivity index (χ3v) is 5.78. The van der Waals surface area contributed by atoms with E-state index in [1.54, 1.807) is 13.0 Å². The Hall–Kier alpha value is -2.19. The molecule has 0 bridgehead atoms. The number of aryl methyl sites for hydroxylation is 2. The maximum absolute atomic E-state index is 13.9. The number of carbonyl (C=O) groups is 1. The number of thioether (sulfide) groups is 1. The van der Waals surface area contributed by atoms with Crippen LogP contribution in [0.5, 0.6) is 0 Å². The van der Waals surface area contributed by atoms with Gasteiger partial charge < -0.3 is 10.3 Å². The summed E-state index contributed by atoms with van der Waals surface area (Å²) in [7, 11) is 0. The van der Waals surface area contributed by atoms with E-state index in [1.165, 1.54) is 29.2 Å². The first-order valence-electron chi connectivity index (χ1n) is 7.57. The van der Waals surface area contributed by atoms with E-state index in [0.717, 1.165) is 11.4 Å². The monoisotopic (exact) mass is 376 g/mol. The van der Waals surface area contributed by atoms with Gasteiger partial charge in [0.05, 0.1) is 5.75 Å². The molecule has 0 fully saturated rings. The number of anilines is 1. The van der Waals surface area contributed by atoms with Crippen molar-refractivity contribution in [1.82, 2.24) is 14.8 Å². The topological polar surface area (TPSA) is 73.8 Å². The second kappa shape index (κ2) is 6.97. The molecule has 0 spiro atoms. The first kappa shape index (κ1) is 17.6. The van der Waals surface area contributed by atoms with Crippen LogP contribution in [0.1, 0.15) is 27.3 Å². The summed E-state index contributed by atoms with van der Waals surface area (Å²) in [6.07, 6.45) is 0. The highest BCUT2D eigenvalue weighted by atomic mass is 32.2. The molecule has 0 unspecified atom stereocenters. The molecule has 2 heterocycles. The van der Waals surface area contributed by atoms with Gasteiger partial charge in [-0.05, 0) is 44.5 Å². The highest BCUT2D eigenvalue weighted by molar-refractivity contribution is 8.01. The number of nitrogen functional groups attached to an aromatic ring is 1. The van der Waals surface area contributed by atoms with Crippen molar-refractivity contribution in [3.05, 3.63) is 52.6 Å². The van der Waals surface area contributed by atoms with Crippen LogP contribution in [0.4, 0.5) is 9.52 Å². The summed E-state index contributed by atoms with van der Waals surface area (Å²) in [6.45, 7) is 5.49. The molecule has 130 valence electrons. The number of carbonyl (C=O) groups excluding carboxylic acids is 1. The molecule has 0 atom stereocenters. The highest BCUT2D eigenvalue weighted by Gasteiger charge is 2.18. The SMILES string of the molecule is Cc1ccc(-n2c(C)cc(C(=O)CSc3nnc(N)s3)c2C)cc1F. The summed E-state index contributed by atoms with van der Waals surface area (Å²) in [5, 5.41) is 8.02. The summed E-state index contributed by atoms with van der Waals surface area (Å²) in [5.74, 6) is -0.0192. The molecule has 0 aliphatic carbocycles. The molecule has 8 heteroatoms. The normalized spacial score (nSPS) is 11.0. The van der Waals surface area contributed by atoms with Crippen molar-refractivity contribution in [1.29, 1.82) is 0 Å². The van der Waals surface area contributed by atoms with E-state index in [0.29, 0.717) is 26.3 Å². The van der Waals surface area contributed by atoms with Crippen molar-refractivity contribution >= 4 is 34.0 Å². The van der Waals surface area contributed by atoms with Crippen LogP contribution in [0.2, 0.25) is 0 Å². The lowest BCUT2D eigenvalue weighted by Crippen LogP contribution is -2.06. The second-order valence-electron chi connectivity index (χ2n) is 5.67. The van der Waals surface area contributed by atoms with Gasteiger partial charge in [-0.25, -0.2) is 4.39 Å². The van der Waals surface area contributed by atoms with E-state index in [9.17, 15) is 9.18 Å². The molecule has 3 aromatic rings. The Bertz CT molecular complexity index is 948. The molecule has 25 heavy (non-hydrogen) atoms. The standard InChI is InChI=1S/C17H17FN4OS2/c1-9-4-5-12(7-14(9)18)22-10(2)6-13(11(22)3)15(23)8-24-17-21-20-16(19)25-17/h4-7H,8H2,1-3H3,(H2,19,20). The average molecular weight is 376 g/mol. The minimum Gasteiger partial charge on any atom is -0.374 e. The number of nitrogens with zero attached hydrogens (tertiary/aromatic N) is 3. The molecule has 0 saturated carbocycles. The van der Waals surface area contributed by atoms with Gasteiger partial charge in [0.15, 0.2) is 10.1 Å². The van der Waals surface area contributed by atoms with E-state index in [-0.39, 0.29) is 17.4 Å². The molecule has 0 amide bonds. The summed E-state index contributed by atoms with van der Waals surface area (Å²) < 4.78 is 16.5. The number of aromatic nitrogens is 3. The molecule has 0 aliphatic heterocycles. The van der Waals surface area contributed by atoms with Gasteiger partial charge >= 0.3 is 0 Å². The number of Topliss-reactive ketones (excluding diaryl/α,β-unsaturated/α-hetero) is 1. The van der Waals surface area contributed by atoms with Crippen molar-refractivity contribution in [2.75, 3.05) is 11.5 Å². The highest BCUT2D eigenvalue weighted by Crippen LogP contribution is 2.27. The average Bonchev–Trinajstić information content (AvgIpc) is 3.11. The molecule has 2 aromatic heterocycles. The van der Waals surface area contributed by atoms with Gasteiger partial charge in [0, 0.05) is 22.6 Å². The first-order chi connectivity index (χ1) is 11.9. The van der Waals surface area contributed by atoms with E-state index < -0.39 is 0 Å². The Morgan fingerprint density at radius 2 is 2.04 bits per heavy atom. The molecule has 5 nitrogen and oxygen atoms in total. The summed E-state index contributed by atoms with van der Waals surface area (Å²) in [4.78, 5) is 12.6. The second-order valence-corrected chi connectivity index (χ2v) is 7.90. The molecule has 0 radical (unpaired) electrons. The van der Waals surface area contributed by atoms with Gasteiger partial charge in [-0.2, -0.15) is 0 Å². The Morgan fingerprint density at radius 1 is 1.28 bits per heavy atom. The zero-order chi connectivity index (χ0) is 18.1. The largest absolute Gasteiger partial charge is 0.374 e. The van der Waals surface area contributed by atoms with Crippen molar-refractivity contribution in [2.45, 2.75) is 25.1 Å². The zero-order valence-electron chi connectivity index (χ0n) is 14.0. The van der Waals surface area contributed by atoms with Crippen LogP contribution in [-0.2, 0) is 0 Å². The van der Waals surface area contributed by atoms with Crippen LogP contribution in [0.3, 0.4) is 0 Å². The van der Waals surface area contributed by atoms with Gasteiger partial charge in [0.25, 0.3) is 0 Å². The third kappa shape index (κ3) is 3.59. The van der Waals surface area contributed by atoms with Crippen molar-refractivity contribution < 1.29 is 9.18 Å². The summed E-state index contributed by atoms with van der Waals surface area (Å²) >= 11 is 2.57. The maximum Gasteiger partial charge on any atom is 0.203 e. The van der Waals surface area contributed by atoms with E-state index in [4.69, 9.17) is 5.73 Å². The minimum absolute atomic E-state index is 0.00861. The predicted octanol–water partition coefficient (Wildman–Crippen LogP) is 3.95. The number of hydrogen-bond donors (Lipinski definition) is 1. The Kier molecular flexibility index (Phi) is 4.91. The van der Waals surface area contributed by atoms with E-state index in [1.807, 2.05) is 30.5 Å². The quantitative estimate of drug-likeness (QED) is 0.539. The summed E-state index contributed by atoms with van der Waals surface area (Å²) in [5.41, 5.74) is 9.15. The molecule has 0 saturated heterocycles. The van der Waals surface area contributed by atoms with Crippen LogP contribution in [-0.4, -0.2) is 26.3 Å². The fourth-order valence-corrected chi connectivity index (χ4v) is 4.17.